The summed E-state index contributed by atoms with van der Waals surface area (Å²) in [6, 6.07) is 5.47. The van der Waals surface area contributed by atoms with Gasteiger partial charge in [-0.1, -0.05) is 19.6 Å². The molecule has 0 radical (unpaired) electrons. The second kappa shape index (κ2) is 3.42. The van der Waals surface area contributed by atoms with Crippen molar-refractivity contribution in [2.24, 2.45) is 0 Å². The van der Waals surface area contributed by atoms with E-state index < -0.39 is 0 Å². The summed E-state index contributed by atoms with van der Waals surface area (Å²) in [7, 11) is 1.58. The zero-order chi connectivity index (χ0) is 11.0. The van der Waals surface area contributed by atoms with Crippen LogP contribution in [0.5, 0.6) is 11.5 Å². The molecule has 1 aromatic rings. The van der Waals surface area contributed by atoms with Gasteiger partial charge in [-0.05, 0) is 6.07 Å². The number of methoxy groups -OCH3 is 1. The summed E-state index contributed by atoms with van der Waals surface area (Å²) in [6.07, 6.45) is 0. The lowest BCUT2D eigenvalue weighted by molar-refractivity contribution is -0.131. The van der Waals surface area contributed by atoms with Crippen LogP contribution >= 0.6 is 0 Å². The Morgan fingerprint density at radius 2 is 2.20 bits per heavy atom. The van der Waals surface area contributed by atoms with E-state index in [1.165, 1.54) is 0 Å². The molecule has 3 nitrogen and oxygen atoms in total. The minimum absolute atomic E-state index is 0.00663. The average Bonchev–Trinajstić information content (AvgIpc) is 2.25. The number of rotatable bonds is 1. The summed E-state index contributed by atoms with van der Waals surface area (Å²) >= 11 is 0. The molecule has 3 heteroatoms. The topological polar surface area (TPSA) is 35.5 Å². The molecule has 1 aromatic carbocycles. The highest BCUT2D eigenvalue weighted by Gasteiger charge is 2.27. The van der Waals surface area contributed by atoms with E-state index in [0.717, 1.165) is 5.56 Å². The van der Waals surface area contributed by atoms with Gasteiger partial charge in [-0.25, -0.2) is 4.79 Å². The average molecular weight is 204 g/mol. The molecule has 0 N–H and O–H groups in total. The van der Waals surface area contributed by atoms with Gasteiger partial charge in [0.1, 0.15) is 11.5 Å². The number of ether oxygens (including phenoxy) is 2. The van der Waals surface area contributed by atoms with Crippen molar-refractivity contribution >= 4 is 5.97 Å². The van der Waals surface area contributed by atoms with E-state index in [1.54, 1.807) is 13.2 Å². The van der Waals surface area contributed by atoms with Gasteiger partial charge in [0.2, 0.25) is 0 Å². The van der Waals surface area contributed by atoms with Crippen LogP contribution in [0, 0.1) is 0 Å². The molecule has 1 unspecified atom stereocenters. The molecule has 1 aliphatic rings. The van der Waals surface area contributed by atoms with Crippen LogP contribution < -0.4 is 9.47 Å². The zero-order valence-electron chi connectivity index (χ0n) is 8.74. The Balaban J connectivity index is 2.50. The van der Waals surface area contributed by atoms with Crippen molar-refractivity contribution in [2.45, 2.75) is 12.8 Å². The lowest BCUT2D eigenvalue weighted by atomic mass is 9.91. The van der Waals surface area contributed by atoms with Gasteiger partial charge < -0.3 is 9.47 Å². The first-order valence-corrected chi connectivity index (χ1v) is 4.72. The van der Waals surface area contributed by atoms with Gasteiger partial charge in [-0.2, -0.15) is 0 Å². The van der Waals surface area contributed by atoms with Gasteiger partial charge in [0.05, 0.1) is 7.11 Å². The molecule has 0 saturated heterocycles. The van der Waals surface area contributed by atoms with Crippen LogP contribution in [0.4, 0.5) is 0 Å². The molecular weight excluding hydrogens is 192 g/mol. The molecule has 0 aromatic heterocycles. The Morgan fingerprint density at radius 3 is 2.87 bits per heavy atom. The van der Waals surface area contributed by atoms with Crippen molar-refractivity contribution < 1.29 is 14.3 Å². The molecule has 0 aliphatic carbocycles. The van der Waals surface area contributed by atoms with E-state index in [2.05, 4.69) is 6.58 Å². The fraction of sp³-hybridized carbons (Fsp3) is 0.250. The molecule has 0 saturated carbocycles. The molecule has 1 heterocycles. The van der Waals surface area contributed by atoms with Crippen LogP contribution in [0.1, 0.15) is 18.4 Å². The first-order valence-electron chi connectivity index (χ1n) is 4.72. The standard InChI is InChI=1S/C12H12O3/c1-7-8(2)12(13)15-11-6-9(14-3)4-5-10(7)11/h4-7H,2H2,1,3H3. The largest absolute Gasteiger partial charge is 0.497 e. The van der Waals surface area contributed by atoms with Gasteiger partial charge in [0, 0.05) is 23.1 Å². The van der Waals surface area contributed by atoms with E-state index in [0.29, 0.717) is 17.1 Å². The Labute approximate surface area is 88.3 Å². The van der Waals surface area contributed by atoms with Crippen LogP contribution in [0.25, 0.3) is 0 Å². The predicted octanol–water partition coefficient (Wildman–Crippen LogP) is 2.27. The Morgan fingerprint density at radius 1 is 1.47 bits per heavy atom. The molecule has 15 heavy (non-hydrogen) atoms. The third kappa shape index (κ3) is 1.50. The third-order valence-electron chi connectivity index (χ3n) is 2.67. The number of fused-ring (bicyclic) bond motifs is 1. The monoisotopic (exact) mass is 204 g/mol. The second-order valence-electron chi connectivity index (χ2n) is 3.54. The predicted molar refractivity (Wildman–Crippen MR) is 56.2 cm³/mol. The van der Waals surface area contributed by atoms with Crippen molar-refractivity contribution in [1.29, 1.82) is 0 Å². The summed E-state index contributed by atoms with van der Waals surface area (Å²) in [5.41, 5.74) is 1.47. The smallest absolute Gasteiger partial charge is 0.339 e. The summed E-state index contributed by atoms with van der Waals surface area (Å²) in [6.45, 7) is 5.65. The number of carbonyl (C=O) groups excluding carboxylic acids is 1. The summed E-state index contributed by atoms with van der Waals surface area (Å²) < 4.78 is 10.2. The lowest BCUT2D eigenvalue weighted by Crippen LogP contribution is -2.21. The maximum atomic E-state index is 11.4. The highest BCUT2D eigenvalue weighted by atomic mass is 16.5. The van der Waals surface area contributed by atoms with E-state index in [-0.39, 0.29) is 11.9 Å². The van der Waals surface area contributed by atoms with Crippen molar-refractivity contribution in [2.75, 3.05) is 7.11 Å². The molecule has 0 bridgehead atoms. The van der Waals surface area contributed by atoms with Crippen molar-refractivity contribution in [3.8, 4) is 11.5 Å². The van der Waals surface area contributed by atoms with Gasteiger partial charge in [0.15, 0.2) is 0 Å². The SMILES string of the molecule is C=C1C(=O)Oc2cc(OC)ccc2C1C. The van der Waals surface area contributed by atoms with Gasteiger partial charge in [-0.15, -0.1) is 0 Å². The fourth-order valence-electron chi connectivity index (χ4n) is 1.62. The number of benzene rings is 1. The van der Waals surface area contributed by atoms with Crippen LogP contribution in [0.2, 0.25) is 0 Å². The molecule has 0 fully saturated rings. The molecule has 1 aliphatic heterocycles. The minimum Gasteiger partial charge on any atom is -0.497 e. The number of esters is 1. The molecule has 2 rings (SSSR count). The summed E-state index contributed by atoms with van der Waals surface area (Å²) in [5.74, 6) is 0.899. The lowest BCUT2D eigenvalue weighted by Gasteiger charge is -2.23. The maximum Gasteiger partial charge on any atom is 0.339 e. The van der Waals surface area contributed by atoms with E-state index in [1.807, 2.05) is 19.1 Å². The van der Waals surface area contributed by atoms with Gasteiger partial charge >= 0.3 is 5.97 Å². The van der Waals surface area contributed by atoms with E-state index in [4.69, 9.17) is 9.47 Å². The summed E-state index contributed by atoms with van der Waals surface area (Å²) in [4.78, 5) is 11.4. The van der Waals surface area contributed by atoms with E-state index >= 15 is 0 Å². The molecule has 78 valence electrons. The number of hydrogen-bond acceptors (Lipinski definition) is 3. The fourth-order valence-corrected chi connectivity index (χ4v) is 1.62. The molecule has 1 atom stereocenters. The minimum atomic E-state index is -0.358. The van der Waals surface area contributed by atoms with Gasteiger partial charge in [-0.3, -0.25) is 0 Å². The summed E-state index contributed by atoms with van der Waals surface area (Å²) in [5, 5.41) is 0. The molecular formula is C12H12O3. The quantitative estimate of drug-likeness (QED) is 0.400. The number of hydrogen-bond donors (Lipinski definition) is 0. The Kier molecular flexibility index (Phi) is 2.23. The maximum absolute atomic E-state index is 11.4. The van der Waals surface area contributed by atoms with Crippen LogP contribution in [-0.4, -0.2) is 13.1 Å². The van der Waals surface area contributed by atoms with Crippen LogP contribution in [-0.2, 0) is 4.79 Å². The number of carbonyl (C=O) groups is 1. The first kappa shape index (κ1) is 9.77. The highest BCUT2D eigenvalue weighted by Crippen LogP contribution is 2.38. The van der Waals surface area contributed by atoms with Crippen LogP contribution in [0.3, 0.4) is 0 Å². The zero-order valence-corrected chi connectivity index (χ0v) is 8.74. The third-order valence-corrected chi connectivity index (χ3v) is 2.67. The first-order chi connectivity index (χ1) is 7.13. The normalized spacial score (nSPS) is 19.5. The van der Waals surface area contributed by atoms with Gasteiger partial charge in [0.25, 0.3) is 0 Å². The molecule has 0 amide bonds. The van der Waals surface area contributed by atoms with Crippen molar-refractivity contribution in [3.63, 3.8) is 0 Å². The van der Waals surface area contributed by atoms with Crippen LogP contribution in [0.15, 0.2) is 30.4 Å². The second-order valence-corrected chi connectivity index (χ2v) is 3.54. The van der Waals surface area contributed by atoms with E-state index in [9.17, 15) is 4.79 Å². The van der Waals surface area contributed by atoms with Crippen molar-refractivity contribution in [1.82, 2.24) is 0 Å². The van der Waals surface area contributed by atoms with Crippen molar-refractivity contribution in [3.05, 3.63) is 35.9 Å². The highest BCUT2D eigenvalue weighted by molar-refractivity contribution is 5.93. The Hall–Kier alpha value is -1.77. The Bertz CT molecular complexity index is 434. The molecule has 0 spiro atoms.